The molecule has 1 saturated heterocycles. The molecule has 1 atom stereocenters. The summed E-state index contributed by atoms with van der Waals surface area (Å²) in [5, 5.41) is 0.546. The molecule has 3 nitrogen and oxygen atoms in total. The quantitative estimate of drug-likeness (QED) is 0.805. The molecule has 0 saturated carbocycles. The monoisotopic (exact) mass is 272 g/mol. The van der Waals surface area contributed by atoms with Gasteiger partial charge in [0.25, 0.3) is 0 Å². The van der Waals surface area contributed by atoms with Crippen LogP contribution >= 0.6 is 0 Å². The number of aromatic nitrogens is 1. The van der Waals surface area contributed by atoms with Gasteiger partial charge < -0.3 is 4.79 Å². The standard InChI is InChI=1S/C16H17FN2O/c17-15-7-6-12(16-14(15)5-3-8-18-16)10-19-9-2-1-4-13(19)11-20/h3,5-8,11,13H,1-2,4,9-10H2. The van der Waals surface area contributed by atoms with Crippen LogP contribution in [0.5, 0.6) is 0 Å². The minimum absolute atomic E-state index is 0.0208. The molecular weight excluding hydrogens is 255 g/mol. The summed E-state index contributed by atoms with van der Waals surface area (Å²) < 4.78 is 13.8. The van der Waals surface area contributed by atoms with Gasteiger partial charge in [-0.3, -0.25) is 9.88 Å². The van der Waals surface area contributed by atoms with E-state index in [1.807, 2.05) is 0 Å². The second kappa shape index (κ2) is 5.67. The highest BCUT2D eigenvalue weighted by Crippen LogP contribution is 2.24. The molecule has 104 valence electrons. The van der Waals surface area contributed by atoms with E-state index in [0.717, 1.165) is 37.7 Å². The summed E-state index contributed by atoms with van der Waals surface area (Å²) in [6.07, 6.45) is 5.83. The van der Waals surface area contributed by atoms with Gasteiger partial charge in [-0.1, -0.05) is 12.5 Å². The summed E-state index contributed by atoms with van der Waals surface area (Å²) in [4.78, 5) is 17.6. The number of aldehydes is 1. The average Bonchev–Trinajstić information content (AvgIpc) is 2.51. The van der Waals surface area contributed by atoms with Gasteiger partial charge in [-0.15, -0.1) is 0 Å². The number of hydrogen-bond acceptors (Lipinski definition) is 3. The normalized spacial score (nSPS) is 20.1. The first-order valence-corrected chi connectivity index (χ1v) is 7.01. The van der Waals surface area contributed by atoms with E-state index in [-0.39, 0.29) is 11.9 Å². The maximum absolute atomic E-state index is 13.8. The molecule has 1 aromatic carbocycles. The molecule has 3 rings (SSSR count). The van der Waals surface area contributed by atoms with Crippen molar-refractivity contribution in [3.05, 3.63) is 41.8 Å². The lowest BCUT2D eigenvalue weighted by atomic mass is 10.0. The molecule has 0 aliphatic carbocycles. The Morgan fingerprint density at radius 2 is 2.25 bits per heavy atom. The van der Waals surface area contributed by atoms with Crippen LogP contribution in [0.25, 0.3) is 10.9 Å². The molecule has 2 heterocycles. The molecule has 0 spiro atoms. The van der Waals surface area contributed by atoms with Gasteiger partial charge in [0, 0.05) is 18.1 Å². The number of hydrogen-bond donors (Lipinski definition) is 0. The Balaban J connectivity index is 1.94. The van der Waals surface area contributed by atoms with Gasteiger partial charge in [0.15, 0.2) is 0 Å². The van der Waals surface area contributed by atoms with E-state index < -0.39 is 0 Å². The summed E-state index contributed by atoms with van der Waals surface area (Å²) in [5.74, 6) is -0.248. The Labute approximate surface area is 117 Å². The van der Waals surface area contributed by atoms with E-state index in [9.17, 15) is 9.18 Å². The van der Waals surface area contributed by atoms with Crippen molar-refractivity contribution in [3.8, 4) is 0 Å². The lowest BCUT2D eigenvalue weighted by Crippen LogP contribution is -2.39. The maximum atomic E-state index is 13.8. The van der Waals surface area contributed by atoms with E-state index in [2.05, 4.69) is 9.88 Å². The largest absolute Gasteiger partial charge is 0.302 e. The molecule has 0 radical (unpaired) electrons. The van der Waals surface area contributed by atoms with Crippen molar-refractivity contribution in [2.75, 3.05) is 6.54 Å². The van der Waals surface area contributed by atoms with E-state index in [4.69, 9.17) is 0 Å². The van der Waals surface area contributed by atoms with Crippen LogP contribution in [0.15, 0.2) is 30.5 Å². The summed E-state index contributed by atoms with van der Waals surface area (Å²) in [6.45, 7) is 1.56. The molecule has 1 fully saturated rings. The van der Waals surface area contributed by atoms with Gasteiger partial charge in [0.1, 0.15) is 12.1 Å². The number of pyridine rings is 1. The highest BCUT2D eigenvalue weighted by molar-refractivity contribution is 5.82. The molecule has 0 amide bonds. The van der Waals surface area contributed by atoms with E-state index in [1.165, 1.54) is 6.07 Å². The zero-order valence-electron chi connectivity index (χ0n) is 11.3. The number of benzene rings is 1. The molecule has 1 aliphatic heterocycles. The van der Waals surface area contributed by atoms with Crippen LogP contribution in [-0.4, -0.2) is 28.8 Å². The van der Waals surface area contributed by atoms with Crippen molar-refractivity contribution in [2.45, 2.75) is 31.8 Å². The van der Waals surface area contributed by atoms with Crippen LogP contribution in [-0.2, 0) is 11.3 Å². The van der Waals surface area contributed by atoms with Gasteiger partial charge in [-0.25, -0.2) is 4.39 Å². The Morgan fingerprint density at radius 1 is 1.35 bits per heavy atom. The van der Waals surface area contributed by atoms with Crippen molar-refractivity contribution in [2.24, 2.45) is 0 Å². The Kier molecular flexibility index (Phi) is 3.74. The fourth-order valence-corrected chi connectivity index (χ4v) is 2.91. The highest BCUT2D eigenvalue weighted by Gasteiger charge is 2.22. The number of likely N-dealkylation sites (tertiary alicyclic amines) is 1. The van der Waals surface area contributed by atoms with Crippen LogP contribution in [0.3, 0.4) is 0 Å². The smallest absolute Gasteiger partial charge is 0.137 e. The summed E-state index contributed by atoms with van der Waals surface area (Å²) in [6, 6.07) is 6.73. The predicted octanol–water partition coefficient (Wildman–Crippen LogP) is 2.93. The third-order valence-electron chi connectivity index (χ3n) is 3.99. The van der Waals surface area contributed by atoms with Crippen molar-refractivity contribution in [3.63, 3.8) is 0 Å². The third kappa shape index (κ3) is 2.43. The molecule has 0 N–H and O–H groups in total. The number of nitrogens with zero attached hydrogens (tertiary/aromatic N) is 2. The van der Waals surface area contributed by atoms with Crippen molar-refractivity contribution < 1.29 is 9.18 Å². The van der Waals surface area contributed by atoms with Gasteiger partial charge in [-0.05, 0) is 43.1 Å². The minimum Gasteiger partial charge on any atom is -0.302 e. The molecule has 1 aliphatic rings. The third-order valence-corrected chi connectivity index (χ3v) is 3.99. The number of piperidine rings is 1. The van der Waals surface area contributed by atoms with Crippen molar-refractivity contribution in [1.82, 2.24) is 9.88 Å². The maximum Gasteiger partial charge on any atom is 0.137 e. The second-order valence-corrected chi connectivity index (χ2v) is 5.28. The molecule has 20 heavy (non-hydrogen) atoms. The average molecular weight is 272 g/mol. The fraction of sp³-hybridized carbons (Fsp3) is 0.375. The minimum atomic E-state index is -0.248. The first-order valence-electron chi connectivity index (χ1n) is 7.01. The second-order valence-electron chi connectivity index (χ2n) is 5.28. The van der Waals surface area contributed by atoms with E-state index in [0.29, 0.717) is 17.4 Å². The van der Waals surface area contributed by atoms with E-state index >= 15 is 0 Å². The molecule has 2 aromatic rings. The zero-order valence-corrected chi connectivity index (χ0v) is 11.3. The Hall–Kier alpha value is -1.81. The van der Waals surface area contributed by atoms with Crippen LogP contribution in [0.1, 0.15) is 24.8 Å². The van der Waals surface area contributed by atoms with Crippen LogP contribution in [0.2, 0.25) is 0 Å². The summed E-state index contributed by atoms with van der Waals surface area (Å²) in [5.41, 5.74) is 1.68. The fourth-order valence-electron chi connectivity index (χ4n) is 2.91. The predicted molar refractivity (Wildman–Crippen MR) is 75.8 cm³/mol. The summed E-state index contributed by atoms with van der Waals surface area (Å²) >= 11 is 0. The van der Waals surface area contributed by atoms with Crippen LogP contribution in [0, 0.1) is 5.82 Å². The molecule has 0 bridgehead atoms. The van der Waals surface area contributed by atoms with E-state index in [1.54, 1.807) is 24.4 Å². The Bertz CT molecular complexity index is 629. The van der Waals surface area contributed by atoms with Crippen LogP contribution < -0.4 is 0 Å². The van der Waals surface area contributed by atoms with Gasteiger partial charge in [-0.2, -0.15) is 0 Å². The van der Waals surface area contributed by atoms with Gasteiger partial charge in [0.05, 0.1) is 11.6 Å². The first kappa shape index (κ1) is 13.2. The number of rotatable bonds is 3. The zero-order chi connectivity index (χ0) is 13.9. The highest BCUT2D eigenvalue weighted by atomic mass is 19.1. The number of fused-ring (bicyclic) bond motifs is 1. The van der Waals surface area contributed by atoms with Gasteiger partial charge >= 0.3 is 0 Å². The molecule has 1 unspecified atom stereocenters. The first-order chi connectivity index (χ1) is 9.79. The number of carbonyl (C=O) groups excluding carboxylic acids is 1. The SMILES string of the molecule is O=CC1CCCCN1Cc1ccc(F)c2cccnc12. The number of carbonyl (C=O) groups is 1. The molecular formula is C16H17FN2O. The Morgan fingerprint density at radius 3 is 3.10 bits per heavy atom. The van der Waals surface area contributed by atoms with Gasteiger partial charge in [0.2, 0.25) is 0 Å². The lowest BCUT2D eigenvalue weighted by molar-refractivity contribution is -0.113. The number of halogens is 1. The van der Waals surface area contributed by atoms with Crippen LogP contribution in [0.4, 0.5) is 4.39 Å². The molecule has 1 aromatic heterocycles. The lowest BCUT2D eigenvalue weighted by Gasteiger charge is -2.32. The molecule has 4 heteroatoms. The summed E-state index contributed by atoms with van der Waals surface area (Å²) in [7, 11) is 0. The van der Waals surface area contributed by atoms with Crippen molar-refractivity contribution >= 4 is 17.2 Å². The topological polar surface area (TPSA) is 33.2 Å². The van der Waals surface area contributed by atoms with Crippen molar-refractivity contribution in [1.29, 1.82) is 0 Å².